The molecular formula is C10H11ClO2. The number of carbonyl (C=O) groups excluding carboxylic acids is 1. The largest absolute Gasteiger partial charge is 0.508 e. The molecule has 13 heavy (non-hydrogen) atoms. The lowest BCUT2D eigenvalue weighted by Gasteiger charge is -2.06. The minimum Gasteiger partial charge on any atom is -0.508 e. The average Bonchev–Trinajstić information content (AvgIpc) is 2.03. The summed E-state index contributed by atoms with van der Waals surface area (Å²) in [5.41, 5.74) is 1.32. The first kappa shape index (κ1) is 10.1. The summed E-state index contributed by atoms with van der Waals surface area (Å²) in [4.78, 5) is 11.5. The fraction of sp³-hybridized carbons (Fsp3) is 0.300. The van der Waals surface area contributed by atoms with Gasteiger partial charge in [0.2, 0.25) is 0 Å². The number of aryl methyl sites for hydroxylation is 1. The van der Waals surface area contributed by atoms with E-state index in [0.717, 1.165) is 5.56 Å². The van der Waals surface area contributed by atoms with E-state index in [2.05, 4.69) is 0 Å². The molecule has 3 heteroatoms. The second-order valence-corrected chi connectivity index (χ2v) is 3.63. The standard InChI is InChI=1S/C10H11ClO2/c1-6-5-8(12)3-4-9(6)10(13)7(2)11/h3-5,7,12H,1-2H3. The van der Waals surface area contributed by atoms with Gasteiger partial charge in [0.25, 0.3) is 0 Å². The van der Waals surface area contributed by atoms with Crippen molar-refractivity contribution in [2.75, 3.05) is 0 Å². The van der Waals surface area contributed by atoms with E-state index in [1.165, 1.54) is 6.07 Å². The van der Waals surface area contributed by atoms with Gasteiger partial charge in [0.05, 0.1) is 5.38 Å². The number of phenolic OH excluding ortho intramolecular Hbond substituents is 1. The highest BCUT2D eigenvalue weighted by molar-refractivity contribution is 6.33. The van der Waals surface area contributed by atoms with E-state index in [1.54, 1.807) is 26.0 Å². The highest BCUT2D eigenvalue weighted by Crippen LogP contribution is 2.18. The Morgan fingerprint density at radius 2 is 2.15 bits per heavy atom. The Morgan fingerprint density at radius 3 is 2.62 bits per heavy atom. The van der Waals surface area contributed by atoms with Crippen molar-refractivity contribution in [1.29, 1.82) is 0 Å². The van der Waals surface area contributed by atoms with Crippen molar-refractivity contribution in [3.05, 3.63) is 29.3 Å². The van der Waals surface area contributed by atoms with Gasteiger partial charge in [0.1, 0.15) is 5.75 Å². The predicted molar refractivity (Wildman–Crippen MR) is 52.5 cm³/mol. The van der Waals surface area contributed by atoms with E-state index in [4.69, 9.17) is 16.7 Å². The molecule has 0 fully saturated rings. The van der Waals surface area contributed by atoms with Crippen molar-refractivity contribution in [1.82, 2.24) is 0 Å². The van der Waals surface area contributed by atoms with Gasteiger partial charge in [-0.2, -0.15) is 0 Å². The van der Waals surface area contributed by atoms with Crippen LogP contribution in [0.3, 0.4) is 0 Å². The number of hydrogen-bond acceptors (Lipinski definition) is 2. The van der Waals surface area contributed by atoms with Crippen molar-refractivity contribution in [2.45, 2.75) is 19.2 Å². The van der Waals surface area contributed by atoms with E-state index in [1.807, 2.05) is 0 Å². The second-order valence-electron chi connectivity index (χ2n) is 2.98. The molecule has 0 radical (unpaired) electrons. The summed E-state index contributed by atoms with van der Waals surface area (Å²) >= 11 is 5.66. The maximum absolute atomic E-state index is 11.5. The minimum atomic E-state index is -0.525. The first-order valence-electron chi connectivity index (χ1n) is 4.00. The summed E-state index contributed by atoms with van der Waals surface area (Å²) < 4.78 is 0. The summed E-state index contributed by atoms with van der Waals surface area (Å²) in [5, 5.41) is 8.59. The van der Waals surface area contributed by atoms with E-state index in [9.17, 15) is 4.79 Å². The SMILES string of the molecule is Cc1cc(O)ccc1C(=O)C(C)Cl. The van der Waals surface area contributed by atoms with E-state index in [-0.39, 0.29) is 11.5 Å². The molecular weight excluding hydrogens is 188 g/mol. The Bertz CT molecular complexity index is 332. The average molecular weight is 199 g/mol. The third-order valence-corrected chi connectivity index (χ3v) is 2.03. The Morgan fingerprint density at radius 1 is 1.54 bits per heavy atom. The lowest BCUT2D eigenvalue weighted by atomic mass is 10.0. The normalized spacial score (nSPS) is 12.5. The molecule has 0 saturated carbocycles. The summed E-state index contributed by atoms with van der Waals surface area (Å²) in [5.74, 6) is 0.0513. The zero-order valence-electron chi connectivity index (χ0n) is 7.54. The van der Waals surface area contributed by atoms with Gasteiger partial charge in [-0.15, -0.1) is 11.6 Å². The molecule has 0 spiro atoms. The third kappa shape index (κ3) is 2.22. The van der Waals surface area contributed by atoms with Gasteiger partial charge in [0, 0.05) is 5.56 Å². The smallest absolute Gasteiger partial charge is 0.180 e. The van der Waals surface area contributed by atoms with Crippen LogP contribution in [0.2, 0.25) is 0 Å². The Balaban J connectivity index is 3.09. The number of phenols is 1. The maximum Gasteiger partial charge on any atom is 0.180 e. The zero-order valence-corrected chi connectivity index (χ0v) is 8.30. The molecule has 0 saturated heterocycles. The van der Waals surface area contributed by atoms with Gasteiger partial charge in [-0.25, -0.2) is 0 Å². The third-order valence-electron chi connectivity index (χ3n) is 1.84. The number of aromatic hydroxyl groups is 1. The van der Waals surface area contributed by atoms with Crippen LogP contribution in [-0.4, -0.2) is 16.3 Å². The van der Waals surface area contributed by atoms with Gasteiger partial charge in [-0.1, -0.05) is 0 Å². The van der Waals surface area contributed by atoms with Gasteiger partial charge in [-0.05, 0) is 37.6 Å². The van der Waals surface area contributed by atoms with Crippen LogP contribution in [0.25, 0.3) is 0 Å². The molecule has 1 N–H and O–H groups in total. The molecule has 0 aliphatic carbocycles. The molecule has 1 aromatic carbocycles. The van der Waals surface area contributed by atoms with Crippen LogP contribution in [0.1, 0.15) is 22.8 Å². The molecule has 0 heterocycles. The van der Waals surface area contributed by atoms with Crippen molar-refractivity contribution < 1.29 is 9.90 Å². The molecule has 1 atom stereocenters. The molecule has 1 unspecified atom stereocenters. The number of benzene rings is 1. The number of halogens is 1. The zero-order chi connectivity index (χ0) is 10.0. The molecule has 0 bridgehead atoms. The first-order valence-corrected chi connectivity index (χ1v) is 4.44. The van der Waals surface area contributed by atoms with Crippen molar-refractivity contribution >= 4 is 17.4 Å². The Hall–Kier alpha value is -1.02. The second kappa shape index (κ2) is 3.79. The summed E-state index contributed by atoms with van der Waals surface area (Å²) in [6.45, 7) is 3.41. The van der Waals surface area contributed by atoms with Crippen LogP contribution in [0.15, 0.2) is 18.2 Å². The van der Waals surface area contributed by atoms with Crippen molar-refractivity contribution in [3.8, 4) is 5.75 Å². The summed E-state index contributed by atoms with van der Waals surface area (Å²) in [7, 11) is 0. The molecule has 1 rings (SSSR count). The molecule has 0 aliphatic rings. The maximum atomic E-state index is 11.5. The molecule has 0 amide bonds. The van der Waals surface area contributed by atoms with E-state index < -0.39 is 5.38 Å². The minimum absolute atomic E-state index is 0.112. The topological polar surface area (TPSA) is 37.3 Å². The van der Waals surface area contributed by atoms with Crippen LogP contribution in [0.5, 0.6) is 5.75 Å². The van der Waals surface area contributed by atoms with Crippen molar-refractivity contribution in [3.63, 3.8) is 0 Å². The summed E-state index contributed by atoms with van der Waals surface area (Å²) in [6.07, 6.45) is 0. The Kier molecular flexibility index (Phi) is 2.94. The van der Waals surface area contributed by atoms with E-state index >= 15 is 0 Å². The molecule has 0 aromatic heterocycles. The van der Waals surface area contributed by atoms with Gasteiger partial charge >= 0.3 is 0 Å². The fourth-order valence-electron chi connectivity index (χ4n) is 1.14. The van der Waals surface area contributed by atoms with Crippen LogP contribution < -0.4 is 0 Å². The van der Waals surface area contributed by atoms with Crippen LogP contribution in [0.4, 0.5) is 0 Å². The predicted octanol–water partition coefficient (Wildman–Crippen LogP) is 2.51. The monoisotopic (exact) mass is 198 g/mol. The van der Waals surface area contributed by atoms with Crippen LogP contribution in [-0.2, 0) is 0 Å². The van der Waals surface area contributed by atoms with Crippen molar-refractivity contribution in [2.24, 2.45) is 0 Å². The number of rotatable bonds is 2. The van der Waals surface area contributed by atoms with Gasteiger partial charge in [-0.3, -0.25) is 4.79 Å². The molecule has 0 aliphatic heterocycles. The van der Waals surface area contributed by atoms with Gasteiger partial charge in [0.15, 0.2) is 5.78 Å². The number of Topliss-reactive ketones (excluding diaryl/α,β-unsaturated/α-hetero) is 1. The van der Waals surface area contributed by atoms with Crippen LogP contribution in [0, 0.1) is 6.92 Å². The number of hydrogen-bond donors (Lipinski definition) is 1. The fourth-order valence-corrected chi connectivity index (χ4v) is 1.26. The quantitative estimate of drug-likeness (QED) is 0.586. The lowest BCUT2D eigenvalue weighted by Crippen LogP contribution is -2.11. The number of ketones is 1. The highest BCUT2D eigenvalue weighted by atomic mass is 35.5. The molecule has 1 aromatic rings. The van der Waals surface area contributed by atoms with Crippen LogP contribution >= 0.6 is 11.6 Å². The Labute approximate surface area is 82.2 Å². The molecule has 2 nitrogen and oxygen atoms in total. The van der Waals surface area contributed by atoms with Gasteiger partial charge < -0.3 is 5.11 Å². The number of carbonyl (C=O) groups is 1. The molecule has 70 valence electrons. The number of alkyl halides is 1. The lowest BCUT2D eigenvalue weighted by molar-refractivity contribution is 0.0991. The first-order chi connectivity index (χ1) is 6.02. The highest BCUT2D eigenvalue weighted by Gasteiger charge is 2.14. The van der Waals surface area contributed by atoms with E-state index in [0.29, 0.717) is 5.56 Å². The summed E-state index contributed by atoms with van der Waals surface area (Å²) in [6, 6.07) is 4.62.